The number of dihydropyridines is 1. The average molecular weight is 149 g/mol. The van der Waals surface area contributed by atoms with Crippen molar-refractivity contribution < 1.29 is 0 Å². The van der Waals surface area contributed by atoms with E-state index in [0.717, 1.165) is 11.8 Å². The van der Waals surface area contributed by atoms with Gasteiger partial charge in [-0.3, -0.25) is 4.99 Å². The molecule has 2 aliphatic rings. The Morgan fingerprint density at radius 1 is 1.36 bits per heavy atom. The van der Waals surface area contributed by atoms with Gasteiger partial charge < -0.3 is 0 Å². The van der Waals surface area contributed by atoms with Gasteiger partial charge >= 0.3 is 0 Å². The lowest BCUT2D eigenvalue weighted by Crippen LogP contribution is -2.30. The van der Waals surface area contributed by atoms with E-state index in [0.29, 0.717) is 6.04 Å². The van der Waals surface area contributed by atoms with Gasteiger partial charge in [-0.05, 0) is 30.8 Å². The molecule has 0 aromatic heterocycles. The van der Waals surface area contributed by atoms with Gasteiger partial charge in [-0.1, -0.05) is 19.4 Å². The van der Waals surface area contributed by atoms with Crippen molar-refractivity contribution in [3.8, 4) is 0 Å². The van der Waals surface area contributed by atoms with Crippen molar-refractivity contribution in [2.24, 2.45) is 16.8 Å². The zero-order valence-corrected chi connectivity index (χ0v) is 7.03. The van der Waals surface area contributed by atoms with E-state index in [1.165, 1.54) is 19.3 Å². The van der Waals surface area contributed by atoms with Crippen LogP contribution in [0, 0.1) is 11.8 Å². The molecule has 2 rings (SSSR count). The van der Waals surface area contributed by atoms with Crippen molar-refractivity contribution in [2.45, 2.75) is 32.2 Å². The molecule has 0 spiro atoms. The van der Waals surface area contributed by atoms with Gasteiger partial charge in [-0.15, -0.1) is 0 Å². The first-order chi connectivity index (χ1) is 5.38. The molecule has 1 saturated carbocycles. The lowest BCUT2D eigenvalue weighted by molar-refractivity contribution is 0.274. The highest BCUT2D eigenvalue weighted by Gasteiger charge is 2.28. The number of rotatable bonds is 0. The monoisotopic (exact) mass is 149 g/mol. The highest BCUT2D eigenvalue weighted by Crippen LogP contribution is 2.33. The molecule has 0 aromatic carbocycles. The zero-order valence-electron chi connectivity index (χ0n) is 7.03. The second-order valence-electron chi connectivity index (χ2n) is 3.75. The molecular formula is C10H15N. The van der Waals surface area contributed by atoms with Gasteiger partial charge in [0.15, 0.2) is 0 Å². The molecule has 60 valence electrons. The van der Waals surface area contributed by atoms with Crippen LogP contribution in [0.1, 0.15) is 26.2 Å². The van der Waals surface area contributed by atoms with Gasteiger partial charge in [0.2, 0.25) is 0 Å². The fraction of sp³-hybridized carbons (Fsp3) is 0.700. The highest BCUT2D eigenvalue weighted by molar-refractivity contribution is 5.72. The predicted molar refractivity (Wildman–Crippen MR) is 47.9 cm³/mol. The topological polar surface area (TPSA) is 12.4 Å². The van der Waals surface area contributed by atoms with Gasteiger partial charge in [0.1, 0.15) is 0 Å². The summed E-state index contributed by atoms with van der Waals surface area (Å²) in [6, 6.07) is 0.605. The molecule has 1 aliphatic carbocycles. The van der Waals surface area contributed by atoms with Crippen molar-refractivity contribution in [3.05, 3.63) is 12.2 Å². The quantitative estimate of drug-likeness (QED) is 0.501. The van der Waals surface area contributed by atoms with E-state index in [2.05, 4.69) is 24.1 Å². The van der Waals surface area contributed by atoms with Crippen LogP contribution < -0.4 is 0 Å². The lowest BCUT2D eigenvalue weighted by Gasteiger charge is -2.33. The minimum atomic E-state index is 0.605. The lowest BCUT2D eigenvalue weighted by atomic mass is 9.77. The van der Waals surface area contributed by atoms with Crippen molar-refractivity contribution in [1.82, 2.24) is 0 Å². The summed E-state index contributed by atoms with van der Waals surface area (Å²) in [6.07, 6.45) is 10.5. The minimum absolute atomic E-state index is 0.605. The second-order valence-corrected chi connectivity index (χ2v) is 3.75. The van der Waals surface area contributed by atoms with Crippen molar-refractivity contribution in [2.75, 3.05) is 0 Å². The Morgan fingerprint density at radius 2 is 2.27 bits per heavy atom. The summed E-state index contributed by atoms with van der Waals surface area (Å²) in [5.74, 6) is 1.55. The van der Waals surface area contributed by atoms with E-state index >= 15 is 0 Å². The fourth-order valence-corrected chi connectivity index (χ4v) is 2.25. The van der Waals surface area contributed by atoms with Crippen LogP contribution in [0.4, 0.5) is 0 Å². The van der Waals surface area contributed by atoms with Crippen LogP contribution in [0.2, 0.25) is 0 Å². The molecule has 1 fully saturated rings. The average Bonchev–Trinajstić information content (AvgIpc) is 2.06. The van der Waals surface area contributed by atoms with Crippen molar-refractivity contribution >= 4 is 6.21 Å². The molecule has 0 aromatic rings. The standard InChI is InChI=1S/C10H15N/c1-8-4-2-5-9-6-3-7-11-10(8)9/h3,6-10H,2,4-5H2,1H3. The molecule has 11 heavy (non-hydrogen) atoms. The zero-order chi connectivity index (χ0) is 7.68. The number of hydrogen-bond acceptors (Lipinski definition) is 1. The Hall–Kier alpha value is -0.590. The summed E-state index contributed by atoms with van der Waals surface area (Å²) >= 11 is 0. The van der Waals surface area contributed by atoms with Crippen molar-refractivity contribution in [3.63, 3.8) is 0 Å². The largest absolute Gasteiger partial charge is 0.289 e. The van der Waals surface area contributed by atoms with Crippen LogP contribution in [-0.4, -0.2) is 12.3 Å². The Balaban J connectivity index is 2.14. The molecule has 3 unspecified atom stereocenters. The smallest absolute Gasteiger partial charge is 0.0587 e. The highest BCUT2D eigenvalue weighted by atomic mass is 14.8. The number of allylic oxidation sites excluding steroid dienone is 1. The maximum Gasteiger partial charge on any atom is 0.0587 e. The van der Waals surface area contributed by atoms with Gasteiger partial charge in [0.05, 0.1) is 6.04 Å². The molecule has 1 heteroatoms. The first kappa shape index (κ1) is 7.08. The van der Waals surface area contributed by atoms with E-state index in [4.69, 9.17) is 0 Å². The van der Waals surface area contributed by atoms with E-state index in [-0.39, 0.29) is 0 Å². The summed E-state index contributed by atoms with van der Waals surface area (Å²) in [7, 11) is 0. The number of fused-ring (bicyclic) bond motifs is 1. The molecule has 1 nitrogen and oxygen atoms in total. The SMILES string of the molecule is CC1CCCC2C=CC=NC12. The molecule has 3 atom stereocenters. The summed E-state index contributed by atoms with van der Waals surface area (Å²) in [4.78, 5) is 4.52. The van der Waals surface area contributed by atoms with E-state index in [1.54, 1.807) is 0 Å². The van der Waals surface area contributed by atoms with Crippen molar-refractivity contribution in [1.29, 1.82) is 0 Å². The van der Waals surface area contributed by atoms with E-state index in [1.807, 2.05) is 6.21 Å². The van der Waals surface area contributed by atoms with Gasteiger partial charge in [-0.25, -0.2) is 0 Å². The Morgan fingerprint density at radius 3 is 3.09 bits per heavy atom. The predicted octanol–water partition coefficient (Wildman–Crippen LogP) is 2.43. The van der Waals surface area contributed by atoms with Crippen LogP contribution in [0.15, 0.2) is 17.1 Å². The Labute approximate surface area is 68.2 Å². The Bertz CT molecular complexity index is 193. The third-order valence-electron chi connectivity index (χ3n) is 2.92. The number of aliphatic imine (C=N–C) groups is 1. The maximum absolute atomic E-state index is 4.52. The molecule has 0 bridgehead atoms. The van der Waals surface area contributed by atoms with Crippen LogP contribution in [0.5, 0.6) is 0 Å². The first-order valence-corrected chi connectivity index (χ1v) is 4.58. The van der Waals surface area contributed by atoms with Gasteiger partial charge in [0, 0.05) is 6.21 Å². The first-order valence-electron chi connectivity index (χ1n) is 4.58. The maximum atomic E-state index is 4.52. The van der Waals surface area contributed by atoms with Crippen LogP contribution in [-0.2, 0) is 0 Å². The fourth-order valence-electron chi connectivity index (χ4n) is 2.25. The summed E-state index contributed by atoms with van der Waals surface area (Å²) in [6.45, 7) is 2.33. The van der Waals surface area contributed by atoms with Gasteiger partial charge in [0.25, 0.3) is 0 Å². The molecule has 0 saturated heterocycles. The third-order valence-corrected chi connectivity index (χ3v) is 2.92. The second kappa shape index (κ2) is 2.80. The summed E-state index contributed by atoms with van der Waals surface area (Å²) in [5.41, 5.74) is 0. The molecule has 0 N–H and O–H groups in total. The Kier molecular flexibility index (Phi) is 1.80. The van der Waals surface area contributed by atoms with E-state index in [9.17, 15) is 0 Å². The molecule has 1 heterocycles. The summed E-state index contributed by atoms with van der Waals surface area (Å²) < 4.78 is 0. The van der Waals surface area contributed by atoms with Gasteiger partial charge in [-0.2, -0.15) is 0 Å². The molecule has 1 aliphatic heterocycles. The number of hydrogen-bond donors (Lipinski definition) is 0. The van der Waals surface area contributed by atoms with Crippen LogP contribution >= 0.6 is 0 Å². The molecule has 0 amide bonds. The number of nitrogens with zero attached hydrogens (tertiary/aromatic N) is 1. The molecule has 0 radical (unpaired) electrons. The van der Waals surface area contributed by atoms with E-state index < -0.39 is 0 Å². The normalized spacial score (nSPS) is 42.1. The minimum Gasteiger partial charge on any atom is -0.289 e. The third kappa shape index (κ3) is 1.24. The molecular weight excluding hydrogens is 134 g/mol. The van der Waals surface area contributed by atoms with Crippen LogP contribution in [0.3, 0.4) is 0 Å². The summed E-state index contributed by atoms with van der Waals surface area (Å²) in [5, 5.41) is 0. The van der Waals surface area contributed by atoms with Crippen LogP contribution in [0.25, 0.3) is 0 Å².